The van der Waals surface area contributed by atoms with E-state index in [-0.39, 0.29) is 5.56 Å². The van der Waals surface area contributed by atoms with Gasteiger partial charge in [-0.25, -0.2) is 9.18 Å². The van der Waals surface area contributed by atoms with Crippen LogP contribution in [0.4, 0.5) is 4.39 Å². The first-order valence-electron chi connectivity index (χ1n) is 4.76. The number of hydrogen-bond donors (Lipinski definition) is 1. The highest BCUT2D eigenvalue weighted by Gasteiger charge is 2.11. The van der Waals surface area contributed by atoms with Crippen molar-refractivity contribution in [2.75, 3.05) is 13.7 Å². The molecule has 4 heteroatoms. The zero-order valence-corrected chi connectivity index (χ0v) is 8.84. The molecule has 3 nitrogen and oxygen atoms in total. The van der Waals surface area contributed by atoms with Gasteiger partial charge in [-0.3, -0.25) is 0 Å². The number of ether oxygens (including phenoxy) is 1. The molecule has 0 aliphatic rings. The lowest BCUT2D eigenvalue weighted by atomic mass is 10.1. The Morgan fingerprint density at radius 2 is 2.27 bits per heavy atom. The second-order valence-corrected chi connectivity index (χ2v) is 3.09. The van der Waals surface area contributed by atoms with Gasteiger partial charge in [0.05, 0.1) is 12.7 Å². The molecule has 82 valence electrons. The van der Waals surface area contributed by atoms with E-state index < -0.39 is 11.8 Å². The highest BCUT2D eigenvalue weighted by molar-refractivity contribution is 5.89. The summed E-state index contributed by atoms with van der Waals surface area (Å²) < 4.78 is 17.8. The molecule has 0 amide bonds. The van der Waals surface area contributed by atoms with Gasteiger partial charge in [-0.05, 0) is 24.2 Å². The first kappa shape index (κ1) is 11.7. The Labute approximate surface area is 88.2 Å². The fourth-order valence-corrected chi connectivity index (χ4v) is 1.21. The van der Waals surface area contributed by atoms with Gasteiger partial charge >= 0.3 is 5.97 Å². The number of carbonyl (C=O) groups is 1. The monoisotopic (exact) mass is 211 g/mol. The summed E-state index contributed by atoms with van der Waals surface area (Å²) in [4.78, 5) is 11.1. The summed E-state index contributed by atoms with van der Waals surface area (Å²) in [5.41, 5.74) is 0.778. The normalized spacial score (nSPS) is 10.1. The van der Waals surface area contributed by atoms with Crippen LogP contribution in [0.1, 0.15) is 22.8 Å². The lowest BCUT2D eigenvalue weighted by Gasteiger charge is -2.05. The molecule has 1 aromatic rings. The van der Waals surface area contributed by atoms with Crippen molar-refractivity contribution in [2.24, 2.45) is 0 Å². The zero-order valence-electron chi connectivity index (χ0n) is 8.84. The number of carbonyl (C=O) groups excluding carboxylic acids is 1. The molecule has 0 unspecified atom stereocenters. The lowest BCUT2D eigenvalue weighted by Crippen LogP contribution is -2.12. The smallest absolute Gasteiger partial charge is 0.340 e. The fraction of sp³-hybridized carbons (Fsp3) is 0.364. The minimum Gasteiger partial charge on any atom is -0.465 e. The second kappa shape index (κ2) is 5.46. The van der Waals surface area contributed by atoms with Crippen molar-refractivity contribution in [2.45, 2.75) is 13.5 Å². The second-order valence-electron chi connectivity index (χ2n) is 3.09. The quantitative estimate of drug-likeness (QED) is 0.771. The molecule has 0 spiro atoms. The third-order valence-corrected chi connectivity index (χ3v) is 2.02. The molecule has 0 heterocycles. The third-order valence-electron chi connectivity index (χ3n) is 2.02. The molecule has 15 heavy (non-hydrogen) atoms. The van der Waals surface area contributed by atoms with Gasteiger partial charge in [0.15, 0.2) is 0 Å². The van der Waals surface area contributed by atoms with Crippen LogP contribution < -0.4 is 5.32 Å². The fourth-order valence-electron chi connectivity index (χ4n) is 1.21. The van der Waals surface area contributed by atoms with Gasteiger partial charge in [0.1, 0.15) is 5.82 Å². The molecule has 1 rings (SSSR count). The SMILES string of the molecule is CCNCc1ccc(C(=O)OC)c(F)c1. The van der Waals surface area contributed by atoms with Crippen LogP contribution in [0.25, 0.3) is 0 Å². The van der Waals surface area contributed by atoms with Gasteiger partial charge in [0.2, 0.25) is 0 Å². The van der Waals surface area contributed by atoms with E-state index in [2.05, 4.69) is 10.1 Å². The number of hydrogen-bond acceptors (Lipinski definition) is 3. The van der Waals surface area contributed by atoms with Crippen molar-refractivity contribution < 1.29 is 13.9 Å². The van der Waals surface area contributed by atoms with Crippen LogP contribution >= 0.6 is 0 Å². The number of nitrogens with one attached hydrogen (secondary N) is 1. The van der Waals surface area contributed by atoms with Gasteiger partial charge in [0, 0.05) is 6.54 Å². The maximum atomic E-state index is 13.4. The lowest BCUT2D eigenvalue weighted by molar-refractivity contribution is 0.0595. The zero-order chi connectivity index (χ0) is 11.3. The molecule has 0 aliphatic heterocycles. The Bertz CT molecular complexity index is 352. The number of esters is 1. The van der Waals surface area contributed by atoms with E-state index in [4.69, 9.17) is 0 Å². The van der Waals surface area contributed by atoms with Crippen LogP contribution in [-0.4, -0.2) is 19.6 Å². The number of halogens is 1. The van der Waals surface area contributed by atoms with Crippen LogP contribution in [0.3, 0.4) is 0 Å². The number of rotatable bonds is 4. The van der Waals surface area contributed by atoms with Crippen molar-refractivity contribution in [3.05, 3.63) is 35.1 Å². The van der Waals surface area contributed by atoms with Crippen molar-refractivity contribution in [1.29, 1.82) is 0 Å². The number of methoxy groups -OCH3 is 1. The molecule has 0 atom stereocenters. The maximum absolute atomic E-state index is 13.4. The molecule has 0 saturated heterocycles. The van der Waals surface area contributed by atoms with E-state index >= 15 is 0 Å². The summed E-state index contributed by atoms with van der Waals surface area (Å²) in [6.07, 6.45) is 0. The predicted molar refractivity (Wildman–Crippen MR) is 55.1 cm³/mol. The van der Waals surface area contributed by atoms with E-state index in [9.17, 15) is 9.18 Å². The van der Waals surface area contributed by atoms with E-state index in [0.717, 1.165) is 12.1 Å². The Hall–Kier alpha value is -1.42. The Morgan fingerprint density at radius 1 is 1.53 bits per heavy atom. The summed E-state index contributed by atoms with van der Waals surface area (Å²) >= 11 is 0. The summed E-state index contributed by atoms with van der Waals surface area (Å²) in [5, 5.41) is 3.07. The van der Waals surface area contributed by atoms with Crippen LogP contribution in [0.2, 0.25) is 0 Å². The highest BCUT2D eigenvalue weighted by atomic mass is 19.1. The highest BCUT2D eigenvalue weighted by Crippen LogP contribution is 2.11. The van der Waals surface area contributed by atoms with Crippen LogP contribution in [0.5, 0.6) is 0 Å². The molecule has 0 fully saturated rings. The molecular formula is C11H14FNO2. The van der Waals surface area contributed by atoms with Gasteiger partial charge < -0.3 is 10.1 Å². The minimum atomic E-state index is -0.650. The van der Waals surface area contributed by atoms with Gasteiger partial charge in [-0.2, -0.15) is 0 Å². The summed E-state index contributed by atoms with van der Waals surface area (Å²) in [6.45, 7) is 3.38. The Balaban J connectivity index is 2.83. The maximum Gasteiger partial charge on any atom is 0.340 e. The Kier molecular flexibility index (Phi) is 4.24. The van der Waals surface area contributed by atoms with Gasteiger partial charge in [-0.1, -0.05) is 13.0 Å². The molecule has 1 aromatic carbocycles. The van der Waals surface area contributed by atoms with Crippen molar-refractivity contribution >= 4 is 5.97 Å². The van der Waals surface area contributed by atoms with E-state index in [1.807, 2.05) is 6.92 Å². The van der Waals surface area contributed by atoms with Gasteiger partial charge in [-0.15, -0.1) is 0 Å². The largest absolute Gasteiger partial charge is 0.465 e. The average Bonchev–Trinajstić information content (AvgIpc) is 2.25. The van der Waals surface area contributed by atoms with Crippen LogP contribution in [0, 0.1) is 5.82 Å². The summed E-state index contributed by atoms with van der Waals surface area (Å²) in [6, 6.07) is 4.49. The molecule has 0 radical (unpaired) electrons. The molecule has 0 bridgehead atoms. The van der Waals surface area contributed by atoms with Crippen molar-refractivity contribution in [1.82, 2.24) is 5.32 Å². The van der Waals surface area contributed by atoms with Crippen molar-refractivity contribution in [3.8, 4) is 0 Å². The summed E-state index contributed by atoms with van der Waals surface area (Å²) in [5.74, 6) is -1.19. The molecule has 1 N–H and O–H groups in total. The van der Waals surface area contributed by atoms with Crippen LogP contribution in [-0.2, 0) is 11.3 Å². The number of benzene rings is 1. The Morgan fingerprint density at radius 3 is 2.80 bits per heavy atom. The van der Waals surface area contributed by atoms with Crippen molar-refractivity contribution in [3.63, 3.8) is 0 Å². The standard InChI is InChI=1S/C11H14FNO2/c1-3-13-7-8-4-5-9(10(12)6-8)11(14)15-2/h4-6,13H,3,7H2,1-2H3. The van der Waals surface area contributed by atoms with Gasteiger partial charge in [0.25, 0.3) is 0 Å². The topological polar surface area (TPSA) is 38.3 Å². The summed E-state index contributed by atoms with van der Waals surface area (Å²) in [7, 11) is 1.23. The molecule has 0 aromatic heterocycles. The predicted octanol–water partition coefficient (Wildman–Crippen LogP) is 1.72. The third kappa shape index (κ3) is 3.02. The average molecular weight is 211 g/mol. The van der Waals surface area contributed by atoms with E-state index in [1.54, 1.807) is 6.07 Å². The molecule has 0 aliphatic carbocycles. The first-order chi connectivity index (χ1) is 7.19. The molecule has 0 saturated carbocycles. The molecular weight excluding hydrogens is 197 g/mol. The van der Waals surface area contributed by atoms with E-state index in [0.29, 0.717) is 6.54 Å². The van der Waals surface area contributed by atoms with E-state index in [1.165, 1.54) is 19.2 Å². The first-order valence-corrected chi connectivity index (χ1v) is 4.76. The van der Waals surface area contributed by atoms with Crippen LogP contribution in [0.15, 0.2) is 18.2 Å². The minimum absolute atomic E-state index is 0.0299.